The molecule has 4 nitrogen and oxygen atoms in total. The molecule has 2 aromatic rings. The fraction of sp³-hybridized carbons (Fsp3) is 0.300. The molecular weight excluding hydrogens is 317 g/mol. The van der Waals surface area contributed by atoms with Crippen LogP contribution >= 0.6 is 0 Å². The van der Waals surface area contributed by atoms with Crippen LogP contribution in [0.15, 0.2) is 59.2 Å². The van der Waals surface area contributed by atoms with E-state index in [2.05, 4.69) is 9.89 Å². The zero-order chi connectivity index (χ0) is 18.2. The number of pyridine rings is 1. The second-order valence-electron chi connectivity index (χ2n) is 5.59. The quantitative estimate of drug-likeness (QED) is 0.722. The number of halogens is 1. The fourth-order valence-electron chi connectivity index (χ4n) is 2.63. The van der Waals surface area contributed by atoms with Gasteiger partial charge in [-0.2, -0.15) is 0 Å². The van der Waals surface area contributed by atoms with E-state index >= 15 is 0 Å². The second-order valence-corrected chi connectivity index (χ2v) is 5.59. The average Bonchev–Trinajstić information content (AvgIpc) is 2.65. The molecule has 0 saturated carbocycles. The van der Waals surface area contributed by atoms with Gasteiger partial charge in [0.15, 0.2) is 0 Å². The summed E-state index contributed by atoms with van der Waals surface area (Å²) in [6.45, 7) is 7.31. The van der Waals surface area contributed by atoms with E-state index in [0.29, 0.717) is 12.0 Å². The van der Waals surface area contributed by atoms with Crippen LogP contribution in [0.1, 0.15) is 26.5 Å². The van der Waals surface area contributed by atoms with Crippen molar-refractivity contribution in [3.05, 3.63) is 71.2 Å². The van der Waals surface area contributed by atoms with Crippen molar-refractivity contribution in [2.24, 2.45) is 4.99 Å². The molecule has 0 unspecified atom stereocenters. The molecule has 1 heterocycles. The monoisotopic (exact) mass is 341 g/mol. The number of likely N-dealkylation sites (N-methyl/N-ethyl adjacent to an activating group) is 1. The SMILES string of the molecule is C/C=C(CN(CC)c1ccc(F)cc1)\N=c1\cccc(CC)n1C=O. The van der Waals surface area contributed by atoms with Crippen molar-refractivity contribution in [1.82, 2.24) is 4.57 Å². The molecule has 0 spiro atoms. The van der Waals surface area contributed by atoms with Crippen molar-refractivity contribution >= 4 is 12.1 Å². The third kappa shape index (κ3) is 4.66. The lowest BCUT2D eigenvalue weighted by atomic mass is 10.2. The molecule has 0 aliphatic carbocycles. The molecule has 0 aliphatic heterocycles. The van der Waals surface area contributed by atoms with E-state index in [1.807, 2.05) is 45.0 Å². The molecule has 132 valence electrons. The Morgan fingerprint density at radius 1 is 1.20 bits per heavy atom. The fourth-order valence-corrected chi connectivity index (χ4v) is 2.63. The van der Waals surface area contributed by atoms with Crippen molar-refractivity contribution in [3.63, 3.8) is 0 Å². The van der Waals surface area contributed by atoms with Gasteiger partial charge < -0.3 is 4.90 Å². The van der Waals surface area contributed by atoms with Gasteiger partial charge in [0.05, 0.1) is 12.2 Å². The topological polar surface area (TPSA) is 37.6 Å². The first kappa shape index (κ1) is 18.6. The molecule has 0 fully saturated rings. The molecule has 2 rings (SSSR count). The Morgan fingerprint density at radius 2 is 1.92 bits per heavy atom. The lowest BCUT2D eigenvalue weighted by Gasteiger charge is -2.23. The Bertz CT molecular complexity index is 806. The standard InChI is InChI=1S/C20H24FN3O/c1-4-17(14-23(6-3)19-12-10-16(21)11-13-19)22-20-9-7-8-18(5-2)24(20)15-25/h4,7-13,15H,5-6,14H2,1-3H3/b17-4-,22-20-. The van der Waals surface area contributed by atoms with Gasteiger partial charge in [0.2, 0.25) is 6.41 Å². The normalized spacial score (nSPS) is 12.3. The minimum absolute atomic E-state index is 0.251. The van der Waals surface area contributed by atoms with Gasteiger partial charge in [-0.1, -0.05) is 19.1 Å². The van der Waals surface area contributed by atoms with Crippen LogP contribution in [0.2, 0.25) is 0 Å². The predicted octanol–water partition coefficient (Wildman–Crippen LogP) is 3.56. The molecule has 0 bridgehead atoms. The summed E-state index contributed by atoms with van der Waals surface area (Å²) in [5, 5.41) is 0. The van der Waals surface area contributed by atoms with Crippen molar-refractivity contribution < 1.29 is 9.18 Å². The van der Waals surface area contributed by atoms with Crippen LogP contribution in [0.5, 0.6) is 0 Å². The van der Waals surface area contributed by atoms with Crippen LogP contribution < -0.4 is 10.4 Å². The van der Waals surface area contributed by atoms with E-state index in [0.717, 1.165) is 36.5 Å². The number of benzene rings is 1. The Kier molecular flexibility index (Phi) is 6.69. The van der Waals surface area contributed by atoms with Crippen LogP contribution in [-0.2, 0) is 11.2 Å². The summed E-state index contributed by atoms with van der Waals surface area (Å²) in [4.78, 5) is 18.2. The molecule has 0 atom stereocenters. The third-order valence-corrected chi connectivity index (χ3v) is 4.08. The summed E-state index contributed by atoms with van der Waals surface area (Å²) in [5.41, 5.74) is 3.30. The summed E-state index contributed by atoms with van der Waals surface area (Å²) in [6.07, 6.45) is 3.48. The Labute approximate surface area is 147 Å². The first-order valence-corrected chi connectivity index (χ1v) is 8.49. The number of hydrogen-bond acceptors (Lipinski definition) is 3. The van der Waals surface area contributed by atoms with E-state index in [9.17, 15) is 9.18 Å². The molecule has 1 aromatic carbocycles. The van der Waals surface area contributed by atoms with Gasteiger partial charge in [-0.3, -0.25) is 9.36 Å². The van der Waals surface area contributed by atoms with Crippen LogP contribution in [0, 0.1) is 5.82 Å². The largest absolute Gasteiger partial charge is 0.366 e. The van der Waals surface area contributed by atoms with Crippen molar-refractivity contribution in [2.75, 3.05) is 18.0 Å². The number of anilines is 1. The number of allylic oxidation sites excluding steroid dienone is 1. The van der Waals surface area contributed by atoms with Gasteiger partial charge in [0.25, 0.3) is 0 Å². The number of carbonyl (C=O) groups excluding carboxylic acids is 1. The van der Waals surface area contributed by atoms with E-state index in [1.165, 1.54) is 12.1 Å². The van der Waals surface area contributed by atoms with Gasteiger partial charge in [0, 0.05) is 17.9 Å². The van der Waals surface area contributed by atoms with Gasteiger partial charge in [-0.05, 0) is 56.7 Å². The Hall–Kier alpha value is -2.69. The molecule has 0 radical (unpaired) electrons. The van der Waals surface area contributed by atoms with Crippen LogP contribution in [0.4, 0.5) is 10.1 Å². The minimum Gasteiger partial charge on any atom is -0.366 e. The first-order chi connectivity index (χ1) is 12.1. The highest BCUT2D eigenvalue weighted by Crippen LogP contribution is 2.16. The average molecular weight is 341 g/mol. The van der Waals surface area contributed by atoms with Crippen LogP contribution in [-0.4, -0.2) is 24.1 Å². The molecular formula is C20H24FN3O. The number of carbonyl (C=O) groups is 1. The molecule has 0 amide bonds. The summed E-state index contributed by atoms with van der Waals surface area (Å²) in [7, 11) is 0. The number of rotatable bonds is 7. The highest BCUT2D eigenvalue weighted by molar-refractivity contribution is 5.53. The zero-order valence-electron chi connectivity index (χ0n) is 14.9. The van der Waals surface area contributed by atoms with E-state index < -0.39 is 0 Å². The third-order valence-electron chi connectivity index (χ3n) is 4.08. The molecule has 25 heavy (non-hydrogen) atoms. The molecule has 5 heteroatoms. The van der Waals surface area contributed by atoms with Gasteiger partial charge >= 0.3 is 0 Å². The number of aryl methyl sites for hydroxylation is 1. The summed E-state index contributed by atoms with van der Waals surface area (Å²) in [5.74, 6) is -0.251. The number of aromatic nitrogens is 1. The van der Waals surface area contributed by atoms with Crippen LogP contribution in [0.3, 0.4) is 0 Å². The van der Waals surface area contributed by atoms with Gasteiger partial charge in [0.1, 0.15) is 11.3 Å². The molecule has 0 saturated heterocycles. The molecule has 1 aromatic heterocycles. The summed E-state index contributed by atoms with van der Waals surface area (Å²) in [6, 6.07) is 12.1. The van der Waals surface area contributed by atoms with E-state index in [4.69, 9.17) is 0 Å². The van der Waals surface area contributed by atoms with Crippen molar-refractivity contribution in [2.45, 2.75) is 27.2 Å². The minimum atomic E-state index is -0.251. The highest BCUT2D eigenvalue weighted by atomic mass is 19.1. The predicted molar refractivity (Wildman–Crippen MR) is 99.6 cm³/mol. The smallest absolute Gasteiger partial charge is 0.219 e. The first-order valence-electron chi connectivity index (χ1n) is 8.49. The maximum absolute atomic E-state index is 13.1. The summed E-state index contributed by atoms with van der Waals surface area (Å²) < 4.78 is 14.7. The van der Waals surface area contributed by atoms with Gasteiger partial charge in [-0.15, -0.1) is 0 Å². The summed E-state index contributed by atoms with van der Waals surface area (Å²) >= 11 is 0. The Balaban J connectivity index is 2.34. The number of hydrogen-bond donors (Lipinski definition) is 0. The second kappa shape index (κ2) is 8.97. The van der Waals surface area contributed by atoms with Crippen molar-refractivity contribution in [3.8, 4) is 0 Å². The van der Waals surface area contributed by atoms with E-state index in [1.54, 1.807) is 16.7 Å². The lowest BCUT2D eigenvalue weighted by molar-refractivity contribution is 0.542. The van der Waals surface area contributed by atoms with E-state index in [-0.39, 0.29) is 5.82 Å². The Morgan fingerprint density at radius 3 is 2.48 bits per heavy atom. The zero-order valence-corrected chi connectivity index (χ0v) is 14.9. The maximum Gasteiger partial charge on any atom is 0.219 e. The number of nitrogens with zero attached hydrogens (tertiary/aromatic N) is 3. The molecule has 0 aliphatic rings. The molecule has 0 N–H and O–H groups in total. The maximum atomic E-state index is 13.1. The lowest BCUT2D eigenvalue weighted by Crippen LogP contribution is -2.27. The van der Waals surface area contributed by atoms with Crippen LogP contribution in [0.25, 0.3) is 0 Å². The highest BCUT2D eigenvalue weighted by Gasteiger charge is 2.07. The van der Waals surface area contributed by atoms with Gasteiger partial charge in [-0.25, -0.2) is 9.38 Å². The van der Waals surface area contributed by atoms with Crippen molar-refractivity contribution in [1.29, 1.82) is 0 Å².